The van der Waals surface area contributed by atoms with Crippen molar-refractivity contribution in [2.45, 2.75) is 40.0 Å². The van der Waals surface area contributed by atoms with Gasteiger partial charge in [0.2, 0.25) is 5.91 Å². The molecular weight excluding hydrogens is 262 g/mol. The van der Waals surface area contributed by atoms with Gasteiger partial charge in [-0.3, -0.25) is 4.79 Å². The Hall–Kier alpha value is -0.840. The minimum atomic E-state index is -3.06. The number of carbonyl (C=O) groups excluding carboxylic acids is 1. The van der Waals surface area contributed by atoms with Crippen LogP contribution < -0.4 is 0 Å². The first-order valence-corrected chi connectivity index (χ1v) is 8.82. The van der Waals surface area contributed by atoms with Gasteiger partial charge in [0, 0.05) is 30.8 Å². The van der Waals surface area contributed by atoms with E-state index in [1.54, 1.807) is 6.08 Å². The number of nitrogens with zero attached hydrogens (tertiary/aromatic N) is 1. The highest BCUT2D eigenvalue weighted by molar-refractivity contribution is 7.94. The molecular formula is C14H25NO3S. The molecule has 0 aromatic carbocycles. The topological polar surface area (TPSA) is 54.5 Å². The number of sulfone groups is 1. The van der Waals surface area contributed by atoms with E-state index in [1.807, 2.05) is 11.8 Å². The number of hydrogen-bond acceptors (Lipinski definition) is 3. The van der Waals surface area contributed by atoms with Gasteiger partial charge in [0.1, 0.15) is 0 Å². The Bertz CT molecular complexity index is 424. The normalized spacial score (nSPS) is 20.9. The number of carbonyl (C=O) groups is 1. The van der Waals surface area contributed by atoms with Crippen LogP contribution in [0.3, 0.4) is 0 Å². The monoisotopic (exact) mass is 287 g/mol. The van der Waals surface area contributed by atoms with Crippen molar-refractivity contribution < 1.29 is 13.2 Å². The van der Waals surface area contributed by atoms with Gasteiger partial charge in [-0.2, -0.15) is 0 Å². The van der Waals surface area contributed by atoms with Crippen LogP contribution in [-0.2, 0) is 14.6 Å². The van der Waals surface area contributed by atoms with E-state index in [1.165, 1.54) is 5.41 Å². The lowest BCUT2D eigenvalue weighted by molar-refractivity contribution is -0.132. The first kappa shape index (κ1) is 16.2. The molecule has 1 heterocycles. The number of hydrogen-bond donors (Lipinski definition) is 0. The second-order valence-electron chi connectivity index (χ2n) is 5.24. The third-order valence-corrected chi connectivity index (χ3v) is 5.27. The van der Waals surface area contributed by atoms with Crippen molar-refractivity contribution in [2.75, 3.05) is 18.8 Å². The summed E-state index contributed by atoms with van der Waals surface area (Å²) in [6.07, 6.45) is 4.10. The molecule has 110 valence electrons. The lowest BCUT2D eigenvalue weighted by Crippen LogP contribution is -2.36. The molecule has 0 aliphatic carbocycles. The van der Waals surface area contributed by atoms with Crippen molar-refractivity contribution in [3.8, 4) is 0 Å². The van der Waals surface area contributed by atoms with Gasteiger partial charge >= 0.3 is 0 Å². The summed E-state index contributed by atoms with van der Waals surface area (Å²) in [5.74, 6) is 0.544. The Morgan fingerprint density at radius 3 is 2.37 bits per heavy atom. The highest BCUT2D eigenvalue weighted by atomic mass is 32.2. The summed E-state index contributed by atoms with van der Waals surface area (Å²) in [6, 6.07) is 0. The van der Waals surface area contributed by atoms with Crippen LogP contribution in [0.2, 0.25) is 0 Å². The number of allylic oxidation sites excluding steroid dienone is 1. The average molecular weight is 287 g/mol. The zero-order valence-electron chi connectivity index (χ0n) is 12.1. The molecule has 0 aromatic rings. The van der Waals surface area contributed by atoms with E-state index in [-0.39, 0.29) is 17.6 Å². The molecule has 19 heavy (non-hydrogen) atoms. The molecule has 0 bridgehead atoms. The maximum absolute atomic E-state index is 12.2. The molecule has 1 aliphatic heterocycles. The SMILES string of the molecule is CCC(CC)CN(CC)C(=O)CC1C=CS(=O)(=O)C1. The van der Waals surface area contributed by atoms with Gasteiger partial charge < -0.3 is 4.90 Å². The van der Waals surface area contributed by atoms with Gasteiger partial charge in [-0.15, -0.1) is 0 Å². The largest absolute Gasteiger partial charge is 0.343 e. The van der Waals surface area contributed by atoms with Crippen molar-refractivity contribution in [1.82, 2.24) is 4.90 Å². The van der Waals surface area contributed by atoms with Crippen molar-refractivity contribution in [1.29, 1.82) is 0 Å². The maximum Gasteiger partial charge on any atom is 0.223 e. The van der Waals surface area contributed by atoms with Crippen LogP contribution in [0.25, 0.3) is 0 Å². The van der Waals surface area contributed by atoms with Gasteiger partial charge in [-0.1, -0.05) is 32.8 Å². The van der Waals surface area contributed by atoms with E-state index < -0.39 is 9.84 Å². The molecule has 1 rings (SSSR count). The van der Waals surface area contributed by atoms with Crippen LogP contribution >= 0.6 is 0 Å². The average Bonchev–Trinajstić information content (AvgIpc) is 2.70. The van der Waals surface area contributed by atoms with Crippen LogP contribution in [0.15, 0.2) is 11.5 Å². The fourth-order valence-electron chi connectivity index (χ4n) is 2.39. The molecule has 0 radical (unpaired) electrons. The lowest BCUT2D eigenvalue weighted by Gasteiger charge is -2.26. The molecule has 0 saturated heterocycles. The summed E-state index contributed by atoms with van der Waals surface area (Å²) in [7, 11) is -3.06. The smallest absolute Gasteiger partial charge is 0.223 e. The standard InChI is InChI=1S/C14H25NO3S/c1-4-12(5-2)10-15(6-3)14(16)9-13-7-8-19(17,18)11-13/h7-8,12-13H,4-6,9-11H2,1-3H3. The van der Waals surface area contributed by atoms with E-state index in [2.05, 4.69) is 13.8 Å². The summed E-state index contributed by atoms with van der Waals surface area (Å²) in [5, 5.41) is 1.24. The Kier molecular flexibility index (Phi) is 6.04. The van der Waals surface area contributed by atoms with E-state index in [4.69, 9.17) is 0 Å². The van der Waals surface area contributed by atoms with Crippen molar-refractivity contribution in [3.05, 3.63) is 11.5 Å². The zero-order chi connectivity index (χ0) is 14.5. The quantitative estimate of drug-likeness (QED) is 0.721. The van der Waals surface area contributed by atoms with Gasteiger partial charge in [0.15, 0.2) is 9.84 Å². The summed E-state index contributed by atoms with van der Waals surface area (Å²) < 4.78 is 22.6. The summed E-state index contributed by atoms with van der Waals surface area (Å²) >= 11 is 0. The first-order chi connectivity index (χ1) is 8.91. The molecule has 1 aliphatic rings. The van der Waals surface area contributed by atoms with Crippen LogP contribution in [0.5, 0.6) is 0 Å². The molecule has 0 fully saturated rings. The first-order valence-electron chi connectivity index (χ1n) is 7.10. The number of rotatable bonds is 7. The van der Waals surface area contributed by atoms with E-state index in [0.717, 1.165) is 19.4 Å². The Balaban J connectivity index is 2.53. The van der Waals surface area contributed by atoms with Crippen LogP contribution in [-0.4, -0.2) is 38.1 Å². The minimum Gasteiger partial charge on any atom is -0.343 e. The van der Waals surface area contributed by atoms with Gasteiger partial charge in [-0.05, 0) is 12.8 Å². The molecule has 1 unspecified atom stereocenters. The lowest BCUT2D eigenvalue weighted by atomic mass is 10.0. The molecule has 0 N–H and O–H groups in total. The fourth-order valence-corrected chi connectivity index (χ4v) is 3.78. The fraction of sp³-hybridized carbons (Fsp3) is 0.786. The predicted octanol–water partition coefficient (Wildman–Crippen LogP) is 2.22. The van der Waals surface area contributed by atoms with E-state index in [9.17, 15) is 13.2 Å². The summed E-state index contributed by atoms with van der Waals surface area (Å²) in [5.41, 5.74) is 0. The van der Waals surface area contributed by atoms with Crippen LogP contribution in [0.4, 0.5) is 0 Å². The third kappa shape index (κ3) is 4.97. The Morgan fingerprint density at radius 2 is 1.95 bits per heavy atom. The molecule has 5 heteroatoms. The number of amides is 1. The molecule has 0 saturated carbocycles. The third-order valence-electron chi connectivity index (χ3n) is 3.81. The van der Waals surface area contributed by atoms with Gasteiger partial charge in [0.05, 0.1) is 5.75 Å². The molecule has 1 amide bonds. The van der Waals surface area contributed by atoms with Crippen molar-refractivity contribution in [2.24, 2.45) is 11.8 Å². The highest BCUT2D eigenvalue weighted by Gasteiger charge is 2.26. The Morgan fingerprint density at radius 1 is 1.32 bits per heavy atom. The molecule has 0 aromatic heterocycles. The van der Waals surface area contributed by atoms with E-state index in [0.29, 0.717) is 18.9 Å². The Labute approximate surface area is 116 Å². The van der Waals surface area contributed by atoms with E-state index >= 15 is 0 Å². The van der Waals surface area contributed by atoms with Crippen molar-refractivity contribution in [3.63, 3.8) is 0 Å². The predicted molar refractivity (Wildman–Crippen MR) is 77.4 cm³/mol. The van der Waals surface area contributed by atoms with Crippen LogP contribution in [0.1, 0.15) is 40.0 Å². The van der Waals surface area contributed by atoms with Crippen molar-refractivity contribution >= 4 is 15.7 Å². The second kappa shape index (κ2) is 7.08. The highest BCUT2D eigenvalue weighted by Crippen LogP contribution is 2.20. The van der Waals surface area contributed by atoms with Crippen LogP contribution in [0, 0.1) is 11.8 Å². The second-order valence-corrected chi connectivity index (χ2v) is 7.17. The van der Waals surface area contributed by atoms with Gasteiger partial charge in [0.25, 0.3) is 0 Å². The molecule has 1 atom stereocenters. The molecule has 4 nitrogen and oxygen atoms in total. The molecule has 0 spiro atoms. The summed E-state index contributed by atoms with van der Waals surface area (Å²) in [6.45, 7) is 7.73. The summed E-state index contributed by atoms with van der Waals surface area (Å²) in [4.78, 5) is 14.1. The zero-order valence-corrected chi connectivity index (χ0v) is 12.9. The minimum absolute atomic E-state index is 0.0705. The maximum atomic E-state index is 12.2. The van der Waals surface area contributed by atoms with Gasteiger partial charge in [-0.25, -0.2) is 8.42 Å².